The molecule has 0 radical (unpaired) electrons. The number of hydrogen-bond donors (Lipinski definition) is 2. The summed E-state index contributed by atoms with van der Waals surface area (Å²) in [7, 11) is 3.46. The summed E-state index contributed by atoms with van der Waals surface area (Å²) in [6.45, 7) is 7.02. The van der Waals surface area contributed by atoms with E-state index in [9.17, 15) is 9.59 Å². The van der Waals surface area contributed by atoms with E-state index in [1.165, 1.54) is 4.88 Å². The number of aliphatic hydroxyl groups excluding tert-OH is 1. The van der Waals surface area contributed by atoms with Crippen LogP contribution in [-0.2, 0) is 11.2 Å². The molecule has 1 aromatic heterocycles. The standard InChI is InChI=1S/C26H35N3O4S/c1-26(2,3)28(4)25(32)20-15-19(22-7-6-12-34-22)23-17-14-18(24(31)27-9-11-30)21(33-5)13-16(17)8-10-29(20)23/h6-7,12-14,19-20,23,30H,8-11,15H2,1-5H3,(H,27,31). The van der Waals surface area contributed by atoms with E-state index in [4.69, 9.17) is 9.84 Å². The number of aliphatic hydroxyl groups is 1. The van der Waals surface area contributed by atoms with Crippen molar-refractivity contribution in [2.45, 2.75) is 57.2 Å². The van der Waals surface area contributed by atoms with Gasteiger partial charge >= 0.3 is 0 Å². The Morgan fingerprint density at radius 1 is 1.32 bits per heavy atom. The highest BCUT2D eigenvalue weighted by atomic mass is 32.1. The van der Waals surface area contributed by atoms with E-state index in [-0.39, 0.29) is 48.5 Å². The van der Waals surface area contributed by atoms with E-state index in [1.54, 1.807) is 18.4 Å². The Kier molecular flexibility index (Phi) is 7.03. The van der Waals surface area contributed by atoms with E-state index in [2.05, 4.69) is 48.5 Å². The molecule has 7 nitrogen and oxygen atoms in total. The molecule has 3 unspecified atom stereocenters. The lowest BCUT2D eigenvalue weighted by Crippen LogP contribution is -2.52. The molecule has 2 aromatic rings. The van der Waals surface area contributed by atoms with E-state index in [0.717, 1.165) is 30.5 Å². The fraction of sp³-hybridized carbons (Fsp3) is 0.538. The first kappa shape index (κ1) is 24.7. The van der Waals surface area contributed by atoms with Gasteiger partial charge in [-0.15, -0.1) is 11.3 Å². The van der Waals surface area contributed by atoms with Crippen LogP contribution in [0.3, 0.4) is 0 Å². The highest BCUT2D eigenvalue weighted by molar-refractivity contribution is 7.10. The van der Waals surface area contributed by atoms with Gasteiger partial charge in [0.2, 0.25) is 5.91 Å². The number of hydrogen-bond acceptors (Lipinski definition) is 6. The number of rotatable bonds is 6. The maximum atomic E-state index is 13.6. The van der Waals surface area contributed by atoms with Gasteiger partial charge in [-0.1, -0.05) is 6.07 Å². The van der Waals surface area contributed by atoms with Crippen LogP contribution in [0.5, 0.6) is 5.75 Å². The molecule has 3 heterocycles. The molecule has 184 valence electrons. The molecule has 2 aliphatic rings. The number of benzene rings is 1. The van der Waals surface area contributed by atoms with Crippen molar-refractivity contribution in [2.24, 2.45) is 0 Å². The predicted molar refractivity (Wildman–Crippen MR) is 134 cm³/mol. The Balaban J connectivity index is 1.77. The van der Waals surface area contributed by atoms with Crippen LogP contribution in [0.1, 0.15) is 65.5 Å². The molecule has 0 aliphatic carbocycles. The van der Waals surface area contributed by atoms with Crippen LogP contribution in [0.4, 0.5) is 0 Å². The molecule has 4 rings (SSSR count). The number of ether oxygens (including phenoxy) is 1. The summed E-state index contributed by atoms with van der Waals surface area (Å²) in [5.74, 6) is 0.586. The van der Waals surface area contributed by atoms with Gasteiger partial charge in [-0.05, 0) is 68.3 Å². The number of fused-ring (bicyclic) bond motifs is 3. The molecular weight excluding hydrogens is 450 g/mol. The van der Waals surface area contributed by atoms with Crippen LogP contribution >= 0.6 is 11.3 Å². The van der Waals surface area contributed by atoms with Gasteiger partial charge in [0, 0.05) is 42.5 Å². The monoisotopic (exact) mass is 485 g/mol. The molecule has 1 fully saturated rings. The first-order valence-electron chi connectivity index (χ1n) is 11.8. The minimum atomic E-state index is -0.267. The third-order valence-corrected chi connectivity index (χ3v) is 8.21. The lowest BCUT2D eigenvalue weighted by atomic mass is 9.85. The van der Waals surface area contributed by atoms with Gasteiger partial charge in [0.25, 0.3) is 5.91 Å². The van der Waals surface area contributed by atoms with Crippen LogP contribution < -0.4 is 10.1 Å². The Morgan fingerprint density at radius 3 is 2.71 bits per heavy atom. The number of nitrogens with zero attached hydrogens (tertiary/aromatic N) is 2. The van der Waals surface area contributed by atoms with Crippen molar-refractivity contribution in [2.75, 3.05) is 33.9 Å². The second kappa shape index (κ2) is 9.68. The van der Waals surface area contributed by atoms with E-state index in [0.29, 0.717) is 11.3 Å². The summed E-state index contributed by atoms with van der Waals surface area (Å²) in [4.78, 5) is 32.0. The summed E-state index contributed by atoms with van der Waals surface area (Å²) >= 11 is 1.72. The Labute approximate surface area is 205 Å². The van der Waals surface area contributed by atoms with Gasteiger partial charge < -0.3 is 20.1 Å². The zero-order valence-electron chi connectivity index (χ0n) is 20.6. The lowest BCUT2D eigenvalue weighted by Gasteiger charge is -2.40. The van der Waals surface area contributed by atoms with Crippen molar-refractivity contribution in [3.8, 4) is 5.75 Å². The summed E-state index contributed by atoms with van der Waals surface area (Å²) in [6.07, 6.45) is 1.54. The Hall–Kier alpha value is -2.42. The third kappa shape index (κ3) is 4.46. The number of thiophene rings is 1. The zero-order valence-corrected chi connectivity index (χ0v) is 21.4. The highest BCUT2D eigenvalue weighted by Gasteiger charge is 2.49. The molecule has 0 saturated carbocycles. The second-order valence-corrected chi connectivity index (χ2v) is 11.1. The van der Waals surface area contributed by atoms with Crippen molar-refractivity contribution in [3.05, 3.63) is 51.2 Å². The molecule has 2 aliphatic heterocycles. The van der Waals surface area contributed by atoms with Crippen LogP contribution in [-0.4, -0.2) is 72.2 Å². The molecule has 1 aromatic carbocycles. The molecule has 1 saturated heterocycles. The second-order valence-electron chi connectivity index (χ2n) is 10.1. The van der Waals surface area contributed by atoms with Gasteiger partial charge in [0.15, 0.2) is 0 Å². The van der Waals surface area contributed by atoms with Gasteiger partial charge in [0.05, 0.1) is 25.3 Å². The quantitative estimate of drug-likeness (QED) is 0.657. The Morgan fingerprint density at radius 2 is 2.09 bits per heavy atom. The molecule has 0 bridgehead atoms. The number of carbonyl (C=O) groups excluding carboxylic acids is 2. The molecular formula is C26H35N3O4S. The van der Waals surface area contributed by atoms with Crippen LogP contribution in [0.2, 0.25) is 0 Å². The van der Waals surface area contributed by atoms with E-state index in [1.807, 2.05) is 24.1 Å². The molecule has 3 atom stereocenters. The van der Waals surface area contributed by atoms with E-state index < -0.39 is 0 Å². The summed E-state index contributed by atoms with van der Waals surface area (Å²) in [6, 6.07) is 7.94. The third-order valence-electron chi connectivity index (χ3n) is 7.21. The average Bonchev–Trinajstić information content (AvgIpc) is 3.48. The van der Waals surface area contributed by atoms with Crippen LogP contribution in [0.15, 0.2) is 29.6 Å². The smallest absolute Gasteiger partial charge is 0.255 e. The maximum absolute atomic E-state index is 13.6. The zero-order chi connectivity index (χ0) is 24.6. The van der Waals surface area contributed by atoms with Crippen molar-refractivity contribution in [1.82, 2.24) is 15.1 Å². The first-order chi connectivity index (χ1) is 16.2. The predicted octanol–water partition coefficient (Wildman–Crippen LogP) is 3.19. The number of nitrogens with one attached hydrogen (secondary N) is 1. The average molecular weight is 486 g/mol. The molecule has 8 heteroatoms. The van der Waals surface area contributed by atoms with Crippen molar-refractivity contribution >= 4 is 23.2 Å². The maximum Gasteiger partial charge on any atom is 0.255 e. The van der Waals surface area contributed by atoms with Gasteiger partial charge in [-0.3, -0.25) is 14.5 Å². The number of likely N-dealkylation sites (N-methyl/N-ethyl adjacent to an activating group) is 1. The van der Waals surface area contributed by atoms with E-state index >= 15 is 0 Å². The van der Waals surface area contributed by atoms with Crippen molar-refractivity contribution in [3.63, 3.8) is 0 Å². The highest BCUT2D eigenvalue weighted by Crippen LogP contribution is 2.52. The fourth-order valence-corrected chi connectivity index (χ4v) is 6.05. The molecule has 2 amide bonds. The summed E-state index contributed by atoms with van der Waals surface area (Å²) in [5, 5.41) is 14.0. The number of amides is 2. The first-order valence-corrected chi connectivity index (χ1v) is 12.7. The SMILES string of the molecule is COc1cc2c(cc1C(=O)NCCO)C1C(c3cccs3)CC(C(=O)N(C)C(C)(C)C)N1CC2. The van der Waals surface area contributed by atoms with Gasteiger partial charge in [0.1, 0.15) is 5.75 Å². The minimum Gasteiger partial charge on any atom is -0.496 e. The number of methoxy groups -OCH3 is 1. The lowest BCUT2D eigenvalue weighted by molar-refractivity contribution is -0.139. The molecule has 0 spiro atoms. The largest absolute Gasteiger partial charge is 0.496 e. The van der Waals surface area contributed by atoms with Crippen molar-refractivity contribution in [1.29, 1.82) is 0 Å². The van der Waals surface area contributed by atoms with Crippen LogP contribution in [0.25, 0.3) is 0 Å². The summed E-state index contributed by atoms with van der Waals surface area (Å²) < 4.78 is 5.56. The van der Waals surface area contributed by atoms with Gasteiger partial charge in [-0.2, -0.15) is 0 Å². The number of carbonyl (C=O) groups is 2. The van der Waals surface area contributed by atoms with Crippen molar-refractivity contribution < 1.29 is 19.4 Å². The fourth-order valence-electron chi connectivity index (χ4n) is 5.18. The Bertz CT molecular complexity index is 1050. The molecule has 2 N–H and O–H groups in total. The summed E-state index contributed by atoms with van der Waals surface area (Å²) in [5.41, 5.74) is 2.46. The van der Waals surface area contributed by atoms with Gasteiger partial charge in [-0.25, -0.2) is 0 Å². The topological polar surface area (TPSA) is 82.1 Å². The molecule has 34 heavy (non-hydrogen) atoms. The normalized spacial score (nSPS) is 22.1. The van der Waals surface area contributed by atoms with Crippen LogP contribution in [0, 0.1) is 0 Å². The minimum absolute atomic E-state index is 0.0139.